The number of halogens is 3. The first-order valence-electron chi connectivity index (χ1n) is 11.0. The average molecular weight is 639 g/mol. The van der Waals surface area contributed by atoms with Gasteiger partial charge in [0.2, 0.25) is 0 Å². The molecular weight excluding hydrogens is 613 g/mol. The molecule has 0 N–H and O–H groups in total. The maximum atomic E-state index is 12.2. The molecule has 0 radical (unpaired) electrons. The Morgan fingerprint density at radius 3 is 1.51 bits per heavy atom. The van der Waals surface area contributed by atoms with Gasteiger partial charge in [-0.2, -0.15) is 30.0 Å². The summed E-state index contributed by atoms with van der Waals surface area (Å²) in [5, 5.41) is 0. The number of anilines is 2. The van der Waals surface area contributed by atoms with Gasteiger partial charge in [0.1, 0.15) is 18.7 Å². The first-order chi connectivity index (χ1) is 18.9. The van der Waals surface area contributed by atoms with Crippen LogP contribution in [0, 0.1) is 0 Å². The fraction of sp³-hybridized carbons (Fsp3) is 0.182. The van der Waals surface area contributed by atoms with Gasteiger partial charge in [-0.25, -0.2) is 26.2 Å². The summed E-state index contributed by atoms with van der Waals surface area (Å²) >= 11 is 0. The highest BCUT2D eigenvalue weighted by Crippen LogP contribution is 2.20. The van der Waals surface area contributed by atoms with Crippen LogP contribution in [-0.4, -0.2) is 62.3 Å². The Morgan fingerprint density at radius 2 is 1.20 bits per heavy atom. The van der Waals surface area contributed by atoms with Gasteiger partial charge in [0.25, 0.3) is 6.33 Å². The van der Waals surface area contributed by atoms with Crippen LogP contribution in [0.3, 0.4) is 0 Å². The molecular formula is C22H25F3N6O7S3. The Balaban J connectivity index is 0.000000230. The number of alkyl halides is 3. The van der Waals surface area contributed by atoms with E-state index < -0.39 is 36.0 Å². The highest BCUT2D eigenvalue weighted by molar-refractivity contribution is 7.91. The molecule has 0 spiro atoms. The Bertz CT molecular complexity index is 1710. The third-order valence-corrected chi connectivity index (χ3v) is 8.84. The lowest BCUT2D eigenvalue weighted by atomic mass is 10.3. The first-order valence-corrected chi connectivity index (χ1v) is 15.2. The van der Waals surface area contributed by atoms with E-state index in [-0.39, 0.29) is 0 Å². The molecule has 13 nitrogen and oxygen atoms in total. The monoisotopic (exact) mass is 638 g/mol. The first kappa shape index (κ1) is 33.3. The lowest BCUT2D eigenvalue weighted by Gasteiger charge is -2.19. The molecule has 19 heteroatoms. The van der Waals surface area contributed by atoms with Gasteiger partial charge in [-0.15, -0.1) is 3.97 Å². The summed E-state index contributed by atoms with van der Waals surface area (Å²) in [5.74, 6) is 0. The standard InChI is InChI=1S/C11H14N3O2S.C10H11N3O2S.CHF3O3S/c1-12-8-9-14(10-12)17(15,16)13(2)11-6-4-3-5-7-11;1-12(10-5-3-2-4-6-10)16(14,15)13-8-7-11-9-13;2-1(3,4)8(5,6)7/h3-10H,1-2H3;2-9H,1H3;(H,5,6,7)/q+1;;/p-1. The van der Waals surface area contributed by atoms with Crippen molar-refractivity contribution >= 4 is 41.9 Å². The quantitative estimate of drug-likeness (QED) is 0.175. The predicted molar refractivity (Wildman–Crippen MR) is 142 cm³/mol. The summed E-state index contributed by atoms with van der Waals surface area (Å²) in [6, 6.07) is 17.8. The molecule has 0 aliphatic heterocycles. The normalized spacial score (nSPS) is 11.9. The summed E-state index contributed by atoms with van der Waals surface area (Å²) in [6.07, 6.45) is 8.78. The van der Waals surface area contributed by atoms with Gasteiger partial charge in [-0.3, -0.25) is 4.31 Å². The van der Waals surface area contributed by atoms with Crippen molar-refractivity contribution in [3.63, 3.8) is 0 Å². The zero-order chi connectivity index (χ0) is 31.1. The SMILES string of the molecule is CN(c1ccccc1)S(=O)(=O)n1cc[n+](C)c1.CN(c1ccccc1)S(=O)(=O)n1ccnc1.O=S(=O)([O-])C(F)(F)F. The number of hydrogen-bond acceptors (Lipinski definition) is 8. The molecule has 4 aromatic rings. The predicted octanol–water partition coefficient (Wildman–Crippen LogP) is 1.71. The molecule has 0 aliphatic carbocycles. The molecule has 0 amide bonds. The average Bonchev–Trinajstić information content (AvgIpc) is 3.61. The summed E-state index contributed by atoms with van der Waals surface area (Å²) in [4.78, 5) is 3.72. The fourth-order valence-corrected chi connectivity index (χ4v) is 4.97. The van der Waals surface area contributed by atoms with Crippen LogP contribution in [0.1, 0.15) is 0 Å². The summed E-state index contributed by atoms with van der Waals surface area (Å²) in [6.45, 7) is 0. The highest BCUT2D eigenvalue weighted by Gasteiger charge is 2.37. The fourth-order valence-electron chi connectivity index (χ4n) is 2.77. The third kappa shape index (κ3) is 8.77. The minimum Gasteiger partial charge on any atom is -0.741 e. The number of hydrogen-bond donors (Lipinski definition) is 0. The van der Waals surface area contributed by atoms with Crippen molar-refractivity contribution in [2.75, 3.05) is 22.7 Å². The smallest absolute Gasteiger partial charge is 0.485 e. The van der Waals surface area contributed by atoms with Crippen LogP contribution in [0.4, 0.5) is 24.5 Å². The van der Waals surface area contributed by atoms with Crippen LogP contribution in [0.15, 0.2) is 98.1 Å². The van der Waals surface area contributed by atoms with Crippen molar-refractivity contribution in [1.82, 2.24) is 12.9 Å². The number of benzene rings is 2. The molecule has 2 aromatic carbocycles. The zero-order valence-electron chi connectivity index (χ0n) is 21.6. The molecule has 4 rings (SSSR count). The number of imidazole rings is 2. The van der Waals surface area contributed by atoms with Gasteiger partial charge in [-0.05, 0) is 24.3 Å². The minimum absolute atomic E-state index is 0.608. The number of para-hydroxylation sites is 2. The number of aromatic nitrogens is 4. The van der Waals surface area contributed by atoms with Gasteiger partial charge in [0.05, 0.1) is 18.4 Å². The van der Waals surface area contributed by atoms with E-state index in [9.17, 15) is 30.0 Å². The van der Waals surface area contributed by atoms with Gasteiger partial charge in [0, 0.05) is 26.5 Å². The molecule has 2 aromatic heterocycles. The highest BCUT2D eigenvalue weighted by atomic mass is 32.2. The maximum absolute atomic E-state index is 12.2. The molecule has 0 unspecified atom stereocenters. The van der Waals surface area contributed by atoms with Crippen molar-refractivity contribution in [3.05, 3.63) is 98.1 Å². The number of aryl methyl sites for hydroxylation is 1. The lowest BCUT2D eigenvalue weighted by Crippen LogP contribution is -2.33. The van der Waals surface area contributed by atoms with Gasteiger partial charge in [0.15, 0.2) is 10.1 Å². The van der Waals surface area contributed by atoms with Crippen molar-refractivity contribution in [2.45, 2.75) is 5.51 Å². The van der Waals surface area contributed by atoms with Crippen LogP contribution >= 0.6 is 0 Å². The molecule has 0 atom stereocenters. The second-order valence-corrected chi connectivity index (χ2v) is 12.9. The van der Waals surface area contributed by atoms with E-state index in [4.69, 9.17) is 13.0 Å². The maximum Gasteiger partial charge on any atom is 0.485 e. The van der Waals surface area contributed by atoms with Crippen LogP contribution < -0.4 is 13.2 Å². The molecule has 0 aliphatic rings. The molecule has 0 saturated carbocycles. The molecule has 0 fully saturated rings. The molecule has 41 heavy (non-hydrogen) atoms. The number of nitrogens with zero attached hydrogens (tertiary/aromatic N) is 6. The van der Waals surface area contributed by atoms with Crippen molar-refractivity contribution in [1.29, 1.82) is 0 Å². The topological polar surface area (TPSA) is 159 Å². The Kier molecular flexibility index (Phi) is 10.7. The van der Waals surface area contributed by atoms with E-state index in [2.05, 4.69) is 4.98 Å². The van der Waals surface area contributed by atoms with E-state index in [1.165, 1.54) is 57.9 Å². The van der Waals surface area contributed by atoms with Gasteiger partial charge >= 0.3 is 25.9 Å². The number of rotatable bonds is 6. The second kappa shape index (κ2) is 13.1. The Hall–Kier alpha value is -3.94. The zero-order valence-corrected chi connectivity index (χ0v) is 24.1. The van der Waals surface area contributed by atoms with Crippen molar-refractivity contribution < 1.29 is 47.5 Å². The van der Waals surface area contributed by atoms with Crippen LogP contribution in [0.2, 0.25) is 0 Å². The van der Waals surface area contributed by atoms with Crippen LogP contribution in [-0.2, 0) is 37.6 Å². The van der Waals surface area contributed by atoms with E-state index >= 15 is 0 Å². The Labute approximate surface area is 235 Å². The van der Waals surface area contributed by atoms with E-state index in [1.54, 1.807) is 66.3 Å². The van der Waals surface area contributed by atoms with Crippen LogP contribution in [0.25, 0.3) is 0 Å². The summed E-state index contributed by atoms with van der Waals surface area (Å²) in [5.41, 5.74) is -4.41. The molecule has 2 heterocycles. The van der Waals surface area contributed by atoms with Gasteiger partial charge < -0.3 is 4.55 Å². The van der Waals surface area contributed by atoms with Gasteiger partial charge in [-0.1, -0.05) is 36.4 Å². The summed E-state index contributed by atoms with van der Waals surface area (Å²) < 4.78 is 114. The summed E-state index contributed by atoms with van der Waals surface area (Å²) in [7, 11) is -8.38. The van der Waals surface area contributed by atoms with Crippen LogP contribution in [0.5, 0.6) is 0 Å². The molecule has 0 bridgehead atoms. The second-order valence-electron chi connectivity index (χ2n) is 7.82. The van der Waals surface area contributed by atoms with Crippen molar-refractivity contribution in [2.24, 2.45) is 7.05 Å². The molecule has 0 saturated heterocycles. The third-order valence-electron chi connectivity index (χ3n) is 4.97. The molecule has 224 valence electrons. The minimum atomic E-state index is -6.09. The van der Waals surface area contributed by atoms with E-state index in [0.717, 1.165) is 3.97 Å². The van der Waals surface area contributed by atoms with E-state index in [1.807, 2.05) is 12.1 Å². The van der Waals surface area contributed by atoms with E-state index in [0.29, 0.717) is 11.4 Å². The van der Waals surface area contributed by atoms with Crippen molar-refractivity contribution in [3.8, 4) is 0 Å². The largest absolute Gasteiger partial charge is 0.741 e. The Morgan fingerprint density at radius 1 is 0.780 bits per heavy atom. The lowest BCUT2D eigenvalue weighted by molar-refractivity contribution is -0.670.